The first-order valence-corrected chi connectivity index (χ1v) is 8.36. The van der Waals surface area contributed by atoms with E-state index in [4.69, 9.17) is 0 Å². The lowest BCUT2D eigenvalue weighted by molar-refractivity contribution is 0.264. The van der Waals surface area contributed by atoms with Crippen molar-refractivity contribution in [3.63, 3.8) is 0 Å². The summed E-state index contributed by atoms with van der Waals surface area (Å²) in [6.45, 7) is 2.34. The SMILES string of the molecule is c1ccc(CN2CCC[C@H]2CSc2ccccc2)cc1. The molecule has 0 unspecified atom stereocenters. The average molecular weight is 283 g/mol. The molecule has 1 nitrogen and oxygen atoms in total. The molecule has 0 aliphatic carbocycles. The Morgan fingerprint density at radius 2 is 1.65 bits per heavy atom. The molecule has 0 radical (unpaired) electrons. The van der Waals surface area contributed by atoms with Crippen molar-refractivity contribution in [3.05, 3.63) is 66.2 Å². The van der Waals surface area contributed by atoms with Gasteiger partial charge in [0.1, 0.15) is 0 Å². The van der Waals surface area contributed by atoms with Crippen LogP contribution in [0.4, 0.5) is 0 Å². The number of hydrogen-bond acceptors (Lipinski definition) is 2. The molecule has 2 aromatic rings. The third kappa shape index (κ3) is 3.65. The van der Waals surface area contributed by atoms with Crippen LogP contribution in [0.2, 0.25) is 0 Å². The third-order valence-corrected chi connectivity index (χ3v) is 5.07. The van der Waals surface area contributed by atoms with Crippen LogP contribution in [0.15, 0.2) is 65.6 Å². The second-order valence-electron chi connectivity index (χ2n) is 5.38. The molecule has 0 bridgehead atoms. The topological polar surface area (TPSA) is 3.24 Å². The van der Waals surface area contributed by atoms with Gasteiger partial charge >= 0.3 is 0 Å². The van der Waals surface area contributed by atoms with Gasteiger partial charge in [-0.1, -0.05) is 48.5 Å². The molecule has 0 N–H and O–H groups in total. The Balaban J connectivity index is 1.56. The molecule has 0 aromatic heterocycles. The monoisotopic (exact) mass is 283 g/mol. The van der Waals surface area contributed by atoms with Gasteiger partial charge in [0.15, 0.2) is 0 Å². The van der Waals surface area contributed by atoms with Crippen molar-refractivity contribution >= 4 is 11.8 Å². The minimum absolute atomic E-state index is 0.723. The molecule has 1 atom stereocenters. The van der Waals surface area contributed by atoms with Crippen LogP contribution in [0.25, 0.3) is 0 Å². The Morgan fingerprint density at radius 1 is 0.950 bits per heavy atom. The lowest BCUT2D eigenvalue weighted by atomic mass is 10.2. The number of likely N-dealkylation sites (tertiary alicyclic amines) is 1. The standard InChI is InChI=1S/C18H21NS/c1-3-8-16(9-4-1)14-19-13-7-10-17(19)15-20-18-11-5-2-6-12-18/h1-6,8-9,11-12,17H,7,10,13-15H2/t17-/m0/s1. The first-order chi connectivity index (χ1) is 9.92. The van der Waals surface area contributed by atoms with Gasteiger partial charge in [-0.15, -0.1) is 11.8 Å². The van der Waals surface area contributed by atoms with Crippen LogP contribution in [0, 0.1) is 0 Å². The van der Waals surface area contributed by atoms with Crippen LogP contribution in [0.5, 0.6) is 0 Å². The highest BCUT2D eigenvalue weighted by molar-refractivity contribution is 7.99. The lowest BCUT2D eigenvalue weighted by Gasteiger charge is -2.24. The molecule has 1 heterocycles. The van der Waals surface area contributed by atoms with Crippen molar-refractivity contribution in [2.45, 2.75) is 30.3 Å². The second-order valence-corrected chi connectivity index (χ2v) is 6.47. The second kappa shape index (κ2) is 6.96. The van der Waals surface area contributed by atoms with Crippen LogP contribution < -0.4 is 0 Å². The van der Waals surface area contributed by atoms with E-state index in [1.807, 2.05) is 11.8 Å². The zero-order valence-electron chi connectivity index (χ0n) is 11.7. The third-order valence-electron chi connectivity index (χ3n) is 3.91. The molecule has 3 rings (SSSR count). The van der Waals surface area contributed by atoms with E-state index in [2.05, 4.69) is 65.6 Å². The van der Waals surface area contributed by atoms with E-state index >= 15 is 0 Å². The van der Waals surface area contributed by atoms with Gasteiger partial charge in [-0.3, -0.25) is 4.90 Å². The van der Waals surface area contributed by atoms with Gasteiger partial charge in [0, 0.05) is 23.2 Å². The summed E-state index contributed by atoms with van der Waals surface area (Å²) < 4.78 is 0. The van der Waals surface area contributed by atoms with Gasteiger partial charge in [-0.25, -0.2) is 0 Å². The fourth-order valence-electron chi connectivity index (χ4n) is 2.82. The predicted octanol–water partition coefficient (Wildman–Crippen LogP) is 4.44. The number of benzene rings is 2. The summed E-state index contributed by atoms with van der Waals surface area (Å²) in [5.74, 6) is 1.21. The van der Waals surface area contributed by atoms with Crippen molar-refractivity contribution in [1.82, 2.24) is 4.90 Å². The molecule has 104 valence electrons. The lowest BCUT2D eigenvalue weighted by Crippen LogP contribution is -2.30. The van der Waals surface area contributed by atoms with Gasteiger partial charge in [0.2, 0.25) is 0 Å². The van der Waals surface area contributed by atoms with Crippen LogP contribution in [0.1, 0.15) is 18.4 Å². The van der Waals surface area contributed by atoms with Crippen LogP contribution in [-0.4, -0.2) is 23.2 Å². The van der Waals surface area contributed by atoms with E-state index in [0.717, 1.165) is 12.6 Å². The van der Waals surface area contributed by atoms with Crippen molar-refractivity contribution in [2.75, 3.05) is 12.3 Å². The number of hydrogen-bond donors (Lipinski definition) is 0. The van der Waals surface area contributed by atoms with Crippen molar-refractivity contribution in [3.8, 4) is 0 Å². The minimum atomic E-state index is 0.723. The first-order valence-electron chi connectivity index (χ1n) is 7.37. The molecule has 20 heavy (non-hydrogen) atoms. The highest BCUT2D eigenvalue weighted by atomic mass is 32.2. The van der Waals surface area contributed by atoms with Crippen molar-refractivity contribution in [2.24, 2.45) is 0 Å². The van der Waals surface area contributed by atoms with Gasteiger partial charge in [-0.2, -0.15) is 0 Å². The molecule has 1 saturated heterocycles. The molecule has 1 aliphatic heterocycles. The van der Waals surface area contributed by atoms with E-state index in [1.54, 1.807) is 0 Å². The summed E-state index contributed by atoms with van der Waals surface area (Å²) in [4.78, 5) is 4.03. The summed E-state index contributed by atoms with van der Waals surface area (Å²) in [7, 11) is 0. The molecule has 2 aromatic carbocycles. The summed E-state index contributed by atoms with van der Waals surface area (Å²) in [5.41, 5.74) is 1.43. The van der Waals surface area contributed by atoms with Gasteiger partial charge in [0.05, 0.1) is 0 Å². The average Bonchev–Trinajstić information content (AvgIpc) is 2.94. The highest BCUT2D eigenvalue weighted by Gasteiger charge is 2.24. The smallest absolute Gasteiger partial charge is 0.0237 e. The van der Waals surface area contributed by atoms with E-state index < -0.39 is 0 Å². The summed E-state index contributed by atoms with van der Waals surface area (Å²) >= 11 is 1.99. The van der Waals surface area contributed by atoms with Crippen molar-refractivity contribution in [1.29, 1.82) is 0 Å². The molecule has 0 spiro atoms. The van der Waals surface area contributed by atoms with Crippen LogP contribution in [0.3, 0.4) is 0 Å². The van der Waals surface area contributed by atoms with E-state index in [0.29, 0.717) is 0 Å². The number of rotatable bonds is 5. The number of nitrogens with zero attached hydrogens (tertiary/aromatic N) is 1. The summed E-state index contributed by atoms with van der Waals surface area (Å²) in [6, 6.07) is 22.3. The molecule has 0 saturated carbocycles. The molecule has 2 heteroatoms. The van der Waals surface area contributed by atoms with E-state index in [9.17, 15) is 0 Å². The van der Waals surface area contributed by atoms with Gasteiger partial charge < -0.3 is 0 Å². The Kier molecular flexibility index (Phi) is 4.77. The summed E-state index contributed by atoms with van der Waals surface area (Å²) in [5, 5.41) is 0. The largest absolute Gasteiger partial charge is 0.295 e. The maximum Gasteiger partial charge on any atom is 0.0237 e. The molecule has 0 amide bonds. The molecule has 1 fully saturated rings. The molecular formula is C18H21NS. The normalized spacial score (nSPS) is 19.3. The quantitative estimate of drug-likeness (QED) is 0.746. The number of thioether (sulfide) groups is 1. The van der Waals surface area contributed by atoms with Gasteiger partial charge in [-0.05, 0) is 37.1 Å². The highest BCUT2D eigenvalue weighted by Crippen LogP contribution is 2.26. The summed E-state index contributed by atoms with van der Waals surface area (Å²) in [6.07, 6.45) is 2.68. The Morgan fingerprint density at radius 3 is 2.40 bits per heavy atom. The fourth-order valence-corrected chi connectivity index (χ4v) is 3.93. The van der Waals surface area contributed by atoms with Gasteiger partial charge in [0.25, 0.3) is 0 Å². The fraction of sp³-hybridized carbons (Fsp3) is 0.333. The maximum absolute atomic E-state index is 2.64. The molecule has 1 aliphatic rings. The Bertz CT molecular complexity index is 511. The van der Waals surface area contributed by atoms with E-state index in [1.165, 1.54) is 35.6 Å². The van der Waals surface area contributed by atoms with E-state index in [-0.39, 0.29) is 0 Å². The van der Waals surface area contributed by atoms with Crippen LogP contribution >= 0.6 is 11.8 Å². The zero-order valence-corrected chi connectivity index (χ0v) is 12.6. The molecular weight excluding hydrogens is 262 g/mol. The van der Waals surface area contributed by atoms with Crippen molar-refractivity contribution < 1.29 is 0 Å². The zero-order chi connectivity index (χ0) is 13.6. The Hall–Kier alpha value is -1.25. The first kappa shape index (κ1) is 13.7. The Labute approximate surface area is 126 Å². The van der Waals surface area contributed by atoms with Crippen LogP contribution in [-0.2, 0) is 6.54 Å². The maximum atomic E-state index is 2.64. The predicted molar refractivity (Wildman–Crippen MR) is 87.0 cm³/mol. The minimum Gasteiger partial charge on any atom is -0.295 e.